The lowest BCUT2D eigenvalue weighted by Gasteiger charge is -2.36. The van der Waals surface area contributed by atoms with Crippen LogP contribution < -0.4 is 5.32 Å². The lowest BCUT2D eigenvalue weighted by Crippen LogP contribution is -2.34. The predicted octanol–water partition coefficient (Wildman–Crippen LogP) is 1.37. The zero-order chi connectivity index (χ0) is 14.7. The van der Waals surface area contributed by atoms with E-state index in [4.69, 9.17) is 0 Å². The number of nitrogens with zero attached hydrogens (tertiary/aromatic N) is 3. The van der Waals surface area contributed by atoms with Crippen molar-refractivity contribution in [2.75, 3.05) is 11.9 Å². The maximum absolute atomic E-state index is 11.2. The van der Waals surface area contributed by atoms with Gasteiger partial charge in [-0.05, 0) is 18.3 Å². The number of carboxylic acids is 1. The van der Waals surface area contributed by atoms with Gasteiger partial charge in [-0.3, -0.25) is 4.79 Å². The number of imidazole rings is 1. The van der Waals surface area contributed by atoms with Crippen LogP contribution in [-0.2, 0) is 4.79 Å². The standard InChI is InChI=1S/C14H19N5O2.H2O/c20-10(21)6-14(4-2-1-3-5-14)7-15-12-11-13(17-8-16-11)19-9-18-12;/h8-9H,1-7H2,(H,20,21)(H2,15,16,17,18,19);1H2. The van der Waals surface area contributed by atoms with Crippen LogP contribution in [0.5, 0.6) is 0 Å². The predicted molar refractivity (Wildman–Crippen MR) is 81.6 cm³/mol. The van der Waals surface area contributed by atoms with Gasteiger partial charge in [0.25, 0.3) is 0 Å². The Labute approximate surface area is 127 Å². The number of aliphatic carboxylic acids is 1. The van der Waals surface area contributed by atoms with Crippen molar-refractivity contribution < 1.29 is 15.4 Å². The Hall–Kier alpha value is -2.22. The Bertz CT molecular complexity index is 636. The maximum Gasteiger partial charge on any atom is 0.303 e. The molecule has 1 fully saturated rings. The smallest absolute Gasteiger partial charge is 0.303 e. The molecule has 120 valence electrons. The number of aromatic nitrogens is 4. The highest BCUT2D eigenvalue weighted by Gasteiger charge is 2.34. The molecule has 0 atom stereocenters. The average Bonchev–Trinajstić information content (AvgIpc) is 2.94. The van der Waals surface area contributed by atoms with Gasteiger partial charge in [-0.1, -0.05) is 19.3 Å². The highest BCUT2D eigenvalue weighted by atomic mass is 16.4. The molecule has 3 rings (SSSR count). The number of hydrogen-bond donors (Lipinski definition) is 3. The molecule has 0 aromatic carbocycles. The van der Waals surface area contributed by atoms with Crippen molar-refractivity contribution in [3.05, 3.63) is 12.7 Å². The molecule has 0 spiro atoms. The zero-order valence-corrected chi connectivity index (χ0v) is 12.3. The first-order valence-electron chi connectivity index (χ1n) is 7.28. The van der Waals surface area contributed by atoms with Gasteiger partial charge in [0.2, 0.25) is 0 Å². The molecule has 5 N–H and O–H groups in total. The maximum atomic E-state index is 11.2. The SMILES string of the molecule is O.O=C(O)CC1(CNc2ncnc3nc[nH]c23)CCCCC1. The fourth-order valence-electron chi connectivity index (χ4n) is 3.21. The third kappa shape index (κ3) is 3.33. The molecule has 0 radical (unpaired) electrons. The summed E-state index contributed by atoms with van der Waals surface area (Å²) in [4.78, 5) is 26.6. The Kier molecular flexibility index (Phi) is 4.92. The molecule has 8 nitrogen and oxygen atoms in total. The second-order valence-corrected chi connectivity index (χ2v) is 5.81. The van der Waals surface area contributed by atoms with E-state index in [1.807, 2.05) is 0 Å². The van der Waals surface area contributed by atoms with Crippen molar-refractivity contribution in [2.24, 2.45) is 5.41 Å². The third-order valence-corrected chi connectivity index (χ3v) is 4.29. The molecule has 2 aromatic rings. The van der Waals surface area contributed by atoms with Gasteiger partial charge in [0.1, 0.15) is 11.8 Å². The number of aromatic amines is 1. The number of anilines is 1. The van der Waals surface area contributed by atoms with Gasteiger partial charge in [-0.25, -0.2) is 15.0 Å². The molecule has 1 saturated carbocycles. The molecule has 0 aliphatic heterocycles. The Morgan fingerprint density at radius 2 is 2.05 bits per heavy atom. The zero-order valence-electron chi connectivity index (χ0n) is 12.3. The van der Waals surface area contributed by atoms with Gasteiger partial charge in [0.05, 0.1) is 12.7 Å². The normalized spacial score (nSPS) is 16.9. The van der Waals surface area contributed by atoms with Gasteiger partial charge in [-0.2, -0.15) is 0 Å². The summed E-state index contributed by atoms with van der Waals surface area (Å²) in [7, 11) is 0. The Morgan fingerprint density at radius 3 is 2.77 bits per heavy atom. The van der Waals surface area contributed by atoms with Crippen molar-refractivity contribution >= 4 is 23.0 Å². The molecule has 1 aliphatic rings. The minimum Gasteiger partial charge on any atom is -0.481 e. The van der Waals surface area contributed by atoms with Gasteiger partial charge in [-0.15, -0.1) is 0 Å². The first-order valence-corrected chi connectivity index (χ1v) is 7.28. The third-order valence-electron chi connectivity index (χ3n) is 4.29. The van der Waals surface area contributed by atoms with Crippen molar-refractivity contribution in [1.29, 1.82) is 0 Å². The van der Waals surface area contributed by atoms with E-state index in [1.165, 1.54) is 12.7 Å². The second-order valence-electron chi connectivity index (χ2n) is 5.81. The van der Waals surface area contributed by atoms with Crippen LogP contribution in [0.1, 0.15) is 38.5 Å². The fraction of sp³-hybridized carbons (Fsp3) is 0.571. The number of carbonyl (C=O) groups is 1. The highest BCUT2D eigenvalue weighted by molar-refractivity contribution is 5.81. The summed E-state index contributed by atoms with van der Waals surface area (Å²) < 4.78 is 0. The molecule has 2 heterocycles. The van der Waals surface area contributed by atoms with Crippen LogP contribution in [0.3, 0.4) is 0 Å². The highest BCUT2D eigenvalue weighted by Crippen LogP contribution is 2.39. The average molecular weight is 307 g/mol. The molecule has 1 aliphatic carbocycles. The number of nitrogens with one attached hydrogen (secondary N) is 2. The lowest BCUT2D eigenvalue weighted by molar-refractivity contribution is -0.140. The summed E-state index contributed by atoms with van der Waals surface area (Å²) >= 11 is 0. The number of carboxylic acid groups (broad SMARTS) is 1. The monoisotopic (exact) mass is 307 g/mol. The van der Waals surface area contributed by atoms with Gasteiger partial charge in [0, 0.05) is 6.54 Å². The van der Waals surface area contributed by atoms with Crippen LogP contribution in [0, 0.1) is 5.41 Å². The second kappa shape index (κ2) is 6.69. The van der Waals surface area contributed by atoms with Crippen LogP contribution in [0.15, 0.2) is 12.7 Å². The van der Waals surface area contributed by atoms with E-state index in [0.717, 1.165) is 31.2 Å². The summed E-state index contributed by atoms with van der Waals surface area (Å²) in [6.45, 7) is 0.616. The van der Waals surface area contributed by atoms with Crippen molar-refractivity contribution in [3.63, 3.8) is 0 Å². The van der Waals surface area contributed by atoms with E-state index < -0.39 is 5.97 Å². The molecule has 0 amide bonds. The molecule has 8 heteroatoms. The summed E-state index contributed by atoms with van der Waals surface area (Å²) in [5, 5.41) is 12.5. The summed E-state index contributed by atoms with van der Waals surface area (Å²) in [6, 6.07) is 0. The lowest BCUT2D eigenvalue weighted by atomic mass is 9.71. The summed E-state index contributed by atoms with van der Waals surface area (Å²) in [5.41, 5.74) is 1.20. The quantitative estimate of drug-likeness (QED) is 0.763. The van der Waals surface area contributed by atoms with E-state index in [2.05, 4.69) is 25.3 Å². The molecule has 0 bridgehead atoms. The topological polar surface area (TPSA) is 135 Å². The number of fused-ring (bicyclic) bond motifs is 1. The van der Waals surface area contributed by atoms with Crippen LogP contribution >= 0.6 is 0 Å². The van der Waals surface area contributed by atoms with E-state index in [0.29, 0.717) is 18.0 Å². The molecule has 0 unspecified atom stereocenters. The first kappa shape index (κ1) is 16.2. The van der Waals surface area contributed by atoms with Gasteiger partial charge in [0.15, 0.2) is 11.5 Å². The van der Waals surface area contributed by atoms with Crippen LogP contribution in [0.25, 0.3) is 11.2 Å². The summed E-state index contributed by atoms with van der Waals surface area (Å²) in [5.74, 6) is -0.0408. The summed E-state index contributed by atoms with van der Waals surface area (Å²) in [6.07, 6.45) is 8.54. The molecular weight excluding hydrogens is 286 g/mol. The van der Waals surface area contributed by atoms with Crippen molar-refractivity contribution in [3.8, 4) is 0 Å². The number of H-pyrrole nitrogens is 1. The van der Waals surface area contributed by atoms with Gasteiger partial charge >= 0.3 is 5.97 Å². The molecular formula is C14H21N5O3. The van der Waals surface area contributed by atoms with Crippen LogP contribution in [0.4, 0.5) is 5.82 Å². The van der Waals surface area contributed by atoms with Crippen LogP contribution in [-0.4, -0.2) is 43.0 Å². The van der Waals surface area contributed by atoms with Gasteiger partial charge < -0.3 is 20.9 Å². The molecule has 0 saturated heterocycles. The number of hydrogen-bond acceptors (Lipinski definition) is 5. The Balaban J connectivity index is 0.00000176. The van der Waals surface area contributed by atoms with Crippen molar-refractivity contribution in [1.82, 2.24) is 19.9 Å². The first-order chi connectivity index (χ1) is 10.2. The molecule has 2 aromatic heterocycles. The van der Waals surface area contributed by atoms with E-state index in [-0.39, 0.29) is 17.3 Å². The van der Waals surface area contributed by atoms with E-state index >= 15 is 0 Å². The van der Waals surface area contributed by atoms with Crippen molar-refractivity contribution in [2.45, 2.75) is 38.5 Å². The minimum absolute atomic E-state index is 0. The number of rotatable bonds is 5. The fourth-order valence-corrected chi connectivity index (χ4v) is 3.21. The van der Waals surface area contributed by atoms with E-state index in [1.54, 1.807) is 6.33 Å². The minimum atomic E-state index is -0.729. The Morgan fingerprint density at radius 1 is 1.27 bits per heavy atom. The largest absolute Gasteiger partial charge is 0.481 e. The van der Waals surface area contributed by atoms with E-state index in [9.17, 15) is 9.90 Å². The van der Waals surface area contributed by atoms with Crippen LogP contribution in [0.2, 0.25) is 0 Å². The molecule has 22 heavy (non-hydrogen) atoms.